The molecular weight excluding hydrogens is 580 g/mol. The van der Waals surface area contributed by atoms with Gasteiger partial charge >= 0.3 is 0 Å². The molecule has 2 fully saturated rings. The molecule has 2 N–H and O–H groups in total. The molecule has 44 heavy (non-hydrogen) atoms. The average Bonchev–Trinajstić information content (AvgIpc) is 2.96. The molecule has 1 amide bonds. The third kappa shape index (κ3) is 6.29. The SMILES string of the molecule is C[C@@H]1CN(c2ccc(-c3c(F)cc(N4C[C@@H](C)N(C)[C@@H](C)C4)c(NC(=O)c4c[nH]c(=O)cc4C(F)F)c3F)cn2)C[C@H](C)O1. The largest absolute Gasteiger partial charge is 0.372 e. The van der Waals surface area contributed by atoms with Crippen LogP contribution in [0.5, 0.6) is 0 Å². The number of H-pyrrole nitrogens is 1. The smallest absolute Gasteiger partial charge is 0.264 e. The number of morpholine rings is 1. The van der Waals surface area contributed by atoms with Crippen molar-refractivity contribution in [2.45, 2.75) is 58.4 Å². The number of pyridine rings is 2. The van der Waals surface area contributed by atoms with E-state index in [9.17, 15) is 18.4 Å². The minimum Gasteiger partial charge on any atom is -0.372 e. The van der Waals surface area contributed by atoms with Gasteiger partial charge in [-0.15, -0.1) is 0 Å². The van der Waals surface area contributed by atoms with Crippen LogP contribution in [0.15, 0.2) is 41.5 Å². The summed E-state index contributed by atoms with van der Waals surface area (Å²) in [7, 11) is 1.95. The van der Waals surface area contributed by atoms with Crippen molar-refractivity contribution in [2.24, 2.45) is 0 Å². The Morgan fingerprint density at radius 3 is 2.27 bits per heavy atom. The number of halogens is 4. The quantitative estimate of drug-likeness (QED) is 0.375. The van der Waals surface area contributed by atoms with Crippen LogP contribution >= 0.6 is 0 Å². The Kier molecular flexibility index (Phi) is 8.98. The van der Waals surface area contributed by atoms with Gasteiger partial charge in [0.15, 0.2) is 5.82 Å². The molecule has 1 aromatic carbocycles. The number of likely N-dealkylation sites (N-methyl/N-ethyl adjacent to an activating group) is 1. The maximum absolute atomic E-state index is 16.5. The predicted molar refractivity (Wildman–Crippen MR) is 161 cm³/mol. The van der Waals surface area contributed by atoms with Gasteiger partial charge in [0, 0.05) is 73.9 Å². The molecule has 4 atom stereocenters. The van der Waals surface area contributed by atoms with Crippen LogP contribution in [-0.4, -0.2) is 78.3 Å². The second-order valence-corrected chi connectivity index (χ2v) is 11.7. The molecule has 5 rings (SSSR count). The van der Waals surface area contributed by atoms with E-state index in [2.05, 4.69) is 20.2 Å². The molecule has 0 unspecified atom stereocenters. The first-order chi connectivity index (χ1) is 20.8. The Bertz CT molecular complexity index is 1560. The Balaban J connectivity index is 1.57. The molecule has 0 aliphatic carbocycles. The predicted octanol–water partition coefficient (Wildman–Crippen LogP) is 5.05. The molecule has 0 bridgehead atoms. The van der Waals surface area contributed by atoms with Crippen LogP contribution in [0, 0.1) is 11.6 Å². The lowest BCUT2D eigenvalue weighted by molar-refractivity contribution is -0.00546. The molecule has 236 valence electrons. The van der Waals surface area contributed by atoms with E-state index in [1.165, 1.54) is 6.20 Å². The topological polar surface area (TPSA) is 93.8 Å². The van der Waals surface area contributed by atoms with E-state index in [0.29, 0.717) is 38.1 Å². The van der Waals surface area contributed by atoms with Crippen molar-refractivity contribution in [3.05, 3.63) is 69.8 Å². The van der Waals surface area contributed by atoms with E-state index in [-0.39, 0.29) is 41.2 Å². The van der Waals surface area contributed by atoms with E-state index in [4.69, 9.17) is 4.74 Å². The molecule has 3 aromatic rings. The number of aromatic amines is 1. The number of alkyl halides is 2. The van der Waals surface area contributed by atoms with Gasteiger partial charge in [0.2, 0.25) is 5.56 Å². The fourth-order valence-electron chi connectivity index (χ4n) is 5.97. The number of amides is 1. The van der Waals surface area contributed by atoms with Crippen molar-refractivity contribution in [2.75, 3.05) is 48.3 Å². The third-order valence-electron chi connectivity index (χ3n) is 8.35. The van der Waals surface area contributed by atoms with Gasteiger partial charge in [-0.3, -0.25) is 14.5 Å². The average molecular weight is 617 g/mol. The summed E-state index contributed by atoms with van der Waals surface area (Å²) in [5.41, 5.74) is -2.71. The first-order valence-electron chi connectivity index (χ1n) is 14.5. The molecule has 0 radical (unpaired) electrons. The summed E-state index contributed by atoms with van der Waals surface area (Å²) in [6.07, 6.45) is -0.933. The number of hydrogen-bond acceptors (Lipinski definition) is 7. The van der Waals surface area contributed by atoms with Gasteiger partial charge in [-0.2, -0.15) is 0 Å². The van der Waals surface area contributed by atoms with Gasteiger partial charge < -0.3 is 24.8 Å². The molecule has 2 aliphatic rings. The number of anilines is 3. The molecule has 2 aliphatic heterocycles. The number of piperazine rings is 1. The Morgan fingerprint density at radius 1 is 1.02 bits per heavy atom. The first-order valence-corrected chi connectivity index (χ1v) is 14.5. The number of rotatable bonds is 6. The van der Waals surface area contributed by atoms with Crippen molar-refractivity contribution in [1.82, 2.24) is 14.9 Å². The normalized spacial score (nSPS) is 22.9. The van der Waals surface area contributed by atoms with Gasteiger partial charge in [0.05, 0.1) is 29.0 Å². The zero-order chi connectivity index (χ0) is 31.9. The number of ether oxygens (including phenoxy) is 1. The van der Waals surface area contributed by atoms with Crippen LogP contribution in [0.3, 0.4) is 0 Å². The van der Waals surface area contributed by atoms with Crippen LogP contribution in [0.2, 0.25) is 0 Å². The summed E-state index contributed by atoms with van der Waals surface area (Å²) in [6.45, 7) is 9.87. The van der Waals surface area contributed by atoms with Gasteiger partial charge in [0.1, 0.15) is 17.3 Å². The van der Waals surface area contributed by atoms with E-state index >= 15 is 8.78 Å². The standard InChI is InChI=1S/C31H36F4N6O3/c1-16-12-40(13-17(2)39(16)5)24-9-23(32)27(20-6-7-25(36-10-20)41-14-18(3)44-19(4)15-41)28(33)29(24)38-31(43)22-11-37-26(42)8-21(22)30(34)35/h6-11,16-19,30H,12-15H2,1-5H3,(H,37,42)(H,38,43)/t16-,17+,18-,19+. The van der Waals surface area contributed by atoms with Crippen LogP contribution in [-0.2, 0) is 4.74 Å². The van der Waals surface area contributed by atoms with E-state index in [0.717, 1.165) is 12.3 Å². The number of hydrogen-bond donors (Lipinski definition) is 2. The number of carbonyl (C=O) groups excluding carboxylic acids is 1. The van der Waals surface area contributed by atoms with Gasteiger partial charge in [0.25, 0.3) is 12.3 Å². The fourth-order valence-corrected chi connectivity index (χ4v) is 5.97. The number of aromatic nitrogens is 2. The van der Waals surface area contributed by atoms with Crippen LogP contribution < -0.4 is 20.7 Å². The minimum atomic E-state index is -3.13. The Labute approximate surface area is 252 Å². The highest BCUT2D eigenvalue weighted by molar-refractivity contribution is 6.07. The van der Waals surface area contributed by atoms with Crippen molar-refractivity contribution in [1.29, 1.82) is 0 Å². The highest BCUT2D eigenvalue weighted by atomic mass is 19.3. The van der Waals surface area contributed by atoms with Crippen LogP contribution in [0.25, 0.3) is 11.1 Å². The maximum Gasteiger partial charge on any atom is 0.264 e. The summed E-state index contributed by atoms with van der Waals surface area (Å²) < 4.78 is 65.6. The molecule has 0 saturated carbocycles. The zero-order valence-corrected chi connectivity index (χ0v) is 25.2. The van der Waals surface area contributed by atoms with E-state index in [1.54, 1.807) is 17.0 Å². The van der Waals surface area contributed by atoms with Crippen LogP contribution in [0.1, 0.15) is 50.0 Å². The minimum absolute atomic E-state index is 0.0122. The number of carbonyl (C=O) groups is 1. The molecule has 2 aromatic heterocycles. The molecule has 4 heterocycles. The summed E-state index contributed by atoms with van der Waals surface area (Å²) in [6, 6.07) is 5.03. The molecule has 13 heteroatoms. The summed E-state index contributed by atoms with van der Waals surface area (Å²) >= 11 is 0. The van der Waals surface area contributed by atoms with E-state index in [1.807, 2.05) is 39.6 Å². The first kappa shape index (κ1) is 31.5. The molecule has 9 nitrogen and oxygen atoms in total. The number of benzene rings is 1. The zero-order valence-electron chi connectivity index (χ0n) is 25.2. The third-order valence-corrected chi connectivity index (χ3v) is 8.35. The Hall–Kier alpha value is -3.97. The van der Waals surface area contributed by atoms with Gasteiger partial charge in [-0.25, -0.2) is 22.5 Å². The van der Waals surface area contributed by atoms with Gasteiger partial charge in [-0.1, -0.05) is 0 Å². The van der Waals surface area contributed by atoms with Crippen molar-refractivity contribution in [3.8, 4) is 11.1 Å². The van der Waals surface area contributed by atoms with Crippen molar-refractivity contribution < 1.29 is 27.1 Å². The summed E-state index contributed by atoms with van der Waals surface area (Å²) in [5.74, 6) is -2.39. The lowest BCUT2D eigenvalue weighted by Crippen LogP contribution is -2.55. The van der Waals surface area contributed by atoms with E-state index < -0.39 is 46.2 Å². The maximum atomic E-state index is 16.5. The lowest BCUT2D eigenvalue weighted by Gasteiger charge is -2.44. The van der Waals surface area contributed by atoms with Crippen molar-refractivity contribution in [3.63, 3.8) is 0 Å². The highest BCUT2D eigenvalue weighted by Gasteiger charge is 2.32. The van der Waals surface area contributed by atoms with Crippen molar-refractivity contribution >= 4 is 23.1 Å². The van der Waals surface area contributed by atoms with Gasteiger partial charge in [-0.05, 0) is 46.9 Å². The second-order valence-electron chi connectivity index (χ2n) is 11.7. The lowest BCUT2D eigenvalue weighted by atomic mass is 10.0. The Morgan fingerprint density at radius 2 is 1.68 bits per heavy atom. The highest BCUT2D eigenvalue weighted by Crippen LogP contribution is 2.40. The molecule has 2 saturated heterocycles. The molecule has 0 spiro atoms. The number of nitrogens with one attached hydrogen (secondary N) is 2. The van der Waals surface area contributed by atoms with Crippen LogP contribution in [0.4, 0.5) is 34.8 Å². The summed E-state index contributed by atoms with van der Waals surface area (Å²) in [4.78, 5) is 37.6. The monoisotopic (exact) mass is 616 g/mol. The molecular formula is C31H36F4N6O3. The summed E-state index contributed by atoms with van der Waals surface area (Å²) in [5, 5.41) is 2.42. The number of nitrogens with zero attached hydrogens (tertiary/aromatic N) is 4. The fraction of sp³-hybridized carbons (Fsp3) is 0.452. The second kappa shape index (κ2) is 12.6.